The van der Waals surface area contributed by atoms with E-state index in [-0.39, 0.29) is 30.3 Å². The molecule has 2 heterocycles. The maximum atomic E-state index is 13.9. The van der Waals surface area contributed by atoms with E-state index in [1.807, 2.05) is 74.5 Å². The molecule has 0 radical (unpaired) electrons. The van der Waals surface area contributed by atoms with Crippen molar-refractivity contribution in [2.24, 2.45) is 0 Å². The topological polar surface area (TPSA) is 72.2 Å². The van der Waals surface area contributed by atoms with Crippen molar-refractivity contribution < 1.29 is 31.9 Å². The van der Waals surface area contributed by atoms with Crippen LogP contribution in [0.4, 0.5) is 18.0 Å². The SMILES string of the molecule is CCCc1cc2c(C(F)(F)F)cc(=O)oc2c(CCC)c1OCCCCN1COC(c2ccccc2)(c2ccccc2)N(C)C1=O. The molecule has 1 aliphatic rings. The zero-order valence-corrected chi connectivity index (χ0v) is 26.4. The summed E-state index contributed by atoms with van der Waals surface area (Å²) in [5.74, 6) is 0.478. The summed E-state index contributed by atoms with van der Waals surface area (Å²) >= 11 is 0. The fourth-order valence-electron chi connectivity index (χ4n) is 6.21. The van der Waals surface area contributed by atoms with Gasteiger partial charge in [-0.15, -0.1) is 0 Å². The summed E-state index contributed by atoms with van der Waals surface area (Å²) in [6, 6.07) is 21.1. The van der Waals surface area contributed by atoms with Crippen molar-refractivity contribution in [3.8, 4) is 5.75 Å². The lowest BCUT2D eigenvalue weighted by Gasteiger charge is -2.48. The minimum Gasteiger partial charge on any atom is -0.493 e. The number of unbranched alkanes of at least 4 members (excludes halogenated alkanes) is 1. The van der Waals surface area contributed by atoms with Gasteiger partial charge in [-0.05, 0) is 37.3 Å². The molecular formula is C36H39F3N2O5. The van der Waals surface area contributed by atoms with Gasteiger partial charge in [0.2, 0.25) is 0 Å². The Morgan fingerprint density at radius 2 is 1.52 bits per heavy atom. The number of carbonyl (C=O) groups is 1. The van der Waals surface area contributed by atoms with Crippen LogP contribution < -0.4 is 10.4 Å². The number of rotatable bonds is 12. The standard InChI is InChI=1S/C36H39F3N2O5/c1-4-14-25-22-29-30(36(37,38)39)23-31(42)46-33(29)28(15-5-2)32(25)44-21-13-12-20-41-24-45-35(40(3)34(41)43,26-16-8-6-9-17-26)27-18-10-7-11-19-27/h6-11,16-19,22-23H,4-5,12-15,20-21,24H2,1-3H3. The summed E-state index contributed by atoms with van der Waals surface area (Å²) < 4.78 is 59.8. The van der Waals surface area contributed by atoms with Gasteiger partial charge in [0.25, 0.3) is 0 Å². The van der Waals surface area contributed by atoms with Gasteiger partial charge >= 0.3 is 17.8 Å². The van der Waals surface area contributed by atoms with Crippen LogP contribution in [-0.2, 0) is 29.5 Å². The Hall–Kier alpha value is -4.31. The maximum absolute atomic E-state index is 13.9. The average Bonchev–Trinajstić information content (AvgIpc) is 3.04. The van der Waals surface area contributed by atoms with Gasteiger partial charge in [0.15, 0.2) is 5.72 Å². The lowest BCUT2D eigenvalue weighted by molar-refractivity contribution is -0.167. The summed E-state index contributed by atoms with van der Waals surface area (Å²) in [6.45, 7) is 4.66. The number of nitrogens with zero attached hydrogens (tertiary/aromatic N) is 2. The van der Waals surface area contributed by atoms with E-state index in [0.29, 0.717) is 68.0 Å². The molecule has 0 aliphatic carbocycles. The average molecular weight is 637 g/mol. The monoisotopic (exact) mass is 636 g/mol. The number of amides is 2. The van der Waals surface area contributed by atoms with Crippen molar-refractivity contribution >= 4 is 17.0 Å². The molecule has 0 unspecified atom stereocenters. The summed E-state index contributed by atoms with van der Waals surface area (Å²) in [6.07, 6.45) is -1.28. The minimum atomic E-state index is -4.70. The molecule has 46 heavy (non-hydrogen) atoms. The van der Waals surface area contributed by atoms with Gasteiger partial charge < -0.3 is 18.8 Å². The normalized spacial score (nSPS) is 15.0. The quantitative estimate of drug-likeness (QED) is 0.116. The van der Waals surface area contributed by atoms with Gasteiger partial charge in [-0.25, -0.2) is 9.59 Å². The molecule has 244 valence electrons. The van der Waals surface area contributed by atoms with Crippen molar-refractivity contribution in [1.82, 2.24) is 9.80 Å². The van der Waals surface area contributed by atoms with Gasteiger partial charge in [-0.1, -0.05) is 87.4 Å². The van der Waals surface area contributed by atoms with Crippen LogP contribution in [0.1, 0.15) is 67.3 Å². The first-order valence-corrected chi connectivity index (χ1v) is 15.7. The van der Waals surface area contributed by atoms with Crippen molar-refractivity contribution in [3.63, 3.8) is 0 Å². The predicted molar refractivity (Wildman–Crippen MR) is 170 cm³/mol. The number of aryl methyl sites for hydroxylation is 2. The highest BCUT2D eigenvalue weighted by Gasteiger charge is 2.47. The number of ether oxygens (including phenoxy) is 2. The molecule has 0 saturated carbocycles. The van der Waals surface area contributed by atoms with Crippen molar-refractivity contribution in [3.05, 3.63) is 111 Å². The van der Waals surface area contributed by atoms with E-state index in [9.17, 15) is 22.8 Å². The van der Waals surface area contributed by atoms with E-state index in [1.54, 1.807) is 16.8 Å². The van der Waals surface area contributed by atoms with Crippen LogP contribution >= 0.6 is 0 Å². The highest BCUT2D eigenvalue weighted by atomic mass is 19.4. The second-order valence-electron chi connectivity index (χ2n) is 11.5. The molecule has 10 heteroatoms. The molecule has 0 spiro atoms. The van der Waals surface area contributed by atoms with Gasteiger partial charge in [-0.3, -0.25) is 4.90 Å². The first-order chi connectivity index (χ1) is 22.1. The van der Waals surface area contributed by atoms with Gasteiger partial charge in [0.1, 0.15) is 18.1 Å². The summed E-state index contributed by atoms with van der Waals surface area (Å²) in [7, 11) is 1.74. The highest BCUT2D eigenvalue weighted by molar-refractivity contribution is 5.87. The molecule has 1 aromatic heterocycles. The van der Waals surface area contributed by atoms with E-state index < -0.39 is 23.1 Å². The van der Waals surface area contributed by atoms with Crippen molar-refractivity contribution in [2.75, 3.05) is 26.9 Å². The second-order valence-corrected chi connectivity index (χ2v) is 11.5. The van der Waals surface area contributed by atoms with E-state index in [4.69, 9.17) is 13.9 Å². The van der Waals surface area contributed by atoms with Crippen LogP contribution in [0.25, 0.3) is 11.0 Å². The number of alkyl halides is 3. The van der Waals surface area contributed by atoms with Crippen LogP contribution in [0, 0.1) is 0 Å². The van der Waals surface area contributed by atoms with E-state index in [1.165, 1.54) is 6.07 Å². The molecule has 0 atom stereocenters. The molecule has 1 aliphatic heterocycles. The lowest BCUT2D eigenvalue weighted by Crippen LogP contribution is -2.60. The Morgan fingerprint density at radius 3 is 2.11 bits per heavy atom. The van der Waals surface area contributed by atoms with Crippen LogP contribution in [0.2, 0.25) is 0 Å². The number of hydrogen-bond acceptors (Lipinski definition) is 5. The minimum absolute atomic E-state index is 0.0732. The van der Waals surface area contributed by atoms with Crippen LogP contribution in [-0.4, -0.2) is 42.8 Å². The zero-order chi connectivity index (χ0) is 32.9. The predicted octanol–water partition coefficient (Wildman–Crippen LogP) is 8.12. The fourth-order valence-corrected chi connectivity index (χ4v) is 6.21. The first kappa shape index (κ1) is 33.1. The van der Waals surface area contributed by atoms with E-state index >= 15 is 0 Å². The zero-order valence-electron chi connectivity index (χ0n) is 26.4. The van der Waals surface area contributed by atoms with Crippen LogP contribution in [0.3, 0.4) is 0 Å². The summed E-state index contributed by atoms with van der Waals surface area (Å²) in [4.78, 5) is 29.1. The highest BCUT2D eigenvalue weighted by Crippen LogP contribution is 2.41. The smallest absolute Gasteiger partial charge is 0.417 e. The number of halogens is 3. The number of carbonyl (C=O) groups excluding carboxylic acids is 1. The van der Waals surface area contributed by atoms with Gasteiger partial charge in [0, 0.05) is 41.7 Å². The number of benzene rings is 3. The molecule has 4 aromatic rings. The van der Waals surface area contributed by atoms with Crippen LogP contribution in [0.15, 0.2) is 82.0 Å². The number of urea groups is 1. The number of hydrogen-bond donors (Lipinski definition) is 0. The molecule has 0 bridgehead atoms. The summed E-state index contributed by atoms with van der Waals surface area (Å²) in [5, 5.41) is -0.124. The molecule has 0 N–H and O–H groups in total. The Kier molecular flexibility index (Phi) is 10.1. The Morgan fingerprint density at radius 1 is 0.891 bits per heavy atom. The van der Waals surface area contributed by atoms with Crippen LogP contribution in [0.5, 0.6) is 5.75 Å². The summed E-state index contributed by atoms with van der Waals surface area (Å²) in [5.41, 5.74) is -0.356. The van der Waals surface area contributed by atoms with Crippen molar-refractivity contribution in [1.29, 1.82) is 0 Å². The molecule has 1 fully saturated rings. The molecular weight excluding hydrogens is 597 g/mol. The Labute approximate surface area is 266 Å². The molecule has 7 nitrogen and oxygen atoms in total. The third-order valence-electron chi connectivity index (χ3n) is 8.34. The third kappa shape index (κ3) is 6.49. The molecule has 2 amide bonds. The van der Waals surface area contributed by atoms with Crippen molar-refractivity contribution in [2.45, 2.75) is 64.3 Å². The maximum Gasteiger partial charge on any atom is 0.417 e. The van der Waals surface area contributed by atoms with E-state index in [0.717, 1.165) is 11.1 Å². The third-order valence-corrected chi connectivity index (χ3v) is 8.34. The van der Waals surface area contributed by atoms with Gasteiger partial charge in [0.05, 0.1) is 12.2 Å². The fraction of sp³-hybridized carbons (Fsp3) is 0.389. The molecule has 1 saturated heterocycles. The Bertz CT molecular complexity index is 1670. The lowest BCUT2D eigenvalue weighted by atomic mass is 9.92. The Balaban J connectivity index is 1.31. The molecule has 3 aromatic carbocycles. The number of fused-ring (bicyclic) bond motifs is 1. The largest absolute Gasteiger partial charge is 0.493 e. The molecule has 5 rings (SSSR count). The van der Waals surface area contributed by atoms with E-state index in [2.05, 4.69) is 0 Å². The van der Waals surface area contributed by atoms with Gasteiger partial charge in [-0.2, -0.15) is 13.2 Å². The first-order valence-electron chi connectivity index (χ1n) is 15.7. The second kappa shape index (κ2) is 14.0.